The van der Waals surface area contributed by atoms with Gasteiger partial charge in [0.2, 0.25) is 6.79 Å². The molecule has 4 heteroatoms. The monoisotopic (exact) mass is 279 g/mol. The number of methoxy groups -OCH3 is 1. The zero-order chi connectivity index (χ0) is 14.2. The molecular formula is C17H13NO3. The standard InChI is InChI=1S/C17H13NO3/c1-19-13-4-2-11(3-5-13)17-14-9-16-15(20-10-21-16)8-12(14)6-7-18-17/h2-9H,10H2,1H3. The maximum atomic E-state index is 5.46. The summed E-state index contributed by atoms with van der Waals surface area (Å²) in [5, 5.41) is 2.13. The summed E-state index contributed by atoms with van der Waals surface area (Å²) in [5.74, 6) is 2.39. The number of nitrogens with zero attached hydrogens (tertiary/aromatic N) is 1. The molecule has 1 aromatic heterocycles. The first-order valence-electron chi connectivity index (χ1n) is 6.68. The second-order valence-electron chi connectivity index (χ2n) is 4.81. The lowest BCUT2D eigenvalue weighted by Gasteiger charge is -2.08. The van der Waals surface area contributed by atoms with Gasteiger partial charge in [-0.05, 0) is 47.9 Å². The number of rotatable bonds is 2. The van der Waals surface area contributed by atoms with Crippen molar-refractivity contribution in [3.63, 3.8) is 0 Å². The Morgan fingerprint density at radius 1 is 1.00 bits per heavy atom. The van der Waals surface area contributed by atoms with Gasteiger partial charge in [0.25, 0.3) is 0 Å². The van der Waals surface area contributed by atoms with Crippen molar-refractivity contribution in [2.75, 3.05) is 13.9 Å². The number of benzene rings is 2. The smallest absolute Gasteiger partial charge is 0.231 e. The van der Waals surface area contributed by atoms with Crippen molar-refractivity contribution in [1.82, 2.24) is 4.98 Å². The Hall–Kier alpha value is -2.75. The van der Waals surface area contributed by atoms with Crippen molar-refractivity contribution in [2.24, 2.45) is 0 Å². The minimum Gasteiger partial charge on any atom is -0.497 e. The lowest BCUT2D eigenvalue weighted by Crippen LogP contribution is -1.92. The molecule has 1 aliphatic rings. The third-order valence-electron chi connectivity index (χ3n) is 3.62. The second kappa shape index (κ2) is 4.66. The quantitative estimate of drug-likeness (QED) is 0.718. The Morgan fingerprint density at radius 2 is 1.76 bits per heavy atom. The largest absolute Gasteiger partial charge is 0.497 e. The second-order valence-corrected chi connectivity index (χ2v) is 4.81. The molecule has 0 spiro atoms. The highest BCUT2D eigenvalue weighted by Crippen LogP contribution is 2.38. The Labute approximate surface area is 121 Å². The van der Waals surface area contributed by atoms with Crippen LogP contribution in [0.4, 0.5) is 0 Å². The summed E-state index contributed by atoms with van der Waals surface area (Å²) in [7, 11) is 1.66. The molecule has 0 saturated carbocycles. The molecule has 21 heavy (non-hydrogen) atoms. The van der Waals surface area contributed by atoms with Crippen LogP contribution in [0.2, 0.25) is 0 Å². The fraction of sp³-hybridized carbons (Fsp3) is 0.118. The van der Waals surface area contributed by atoms with Gasteiger partial charge in [-0.2, -0.15) is 0 Å². The van der Waals surface area contributed by atoms with Gasteiger partial charge in [0.05, 0.1) is 12.8 Å². The van der Waals surface area contributed by atoms with Crippen molar-refractivity contribution >= 4 is 10.8 Å². The lowest BCUT2D eigenvalue weighted by molar-refractivity contribution is 0.174. The van der Waals surface area contributed by atoms with Gasteiger partial charge in [-0.25, -0.2) is 0 Å². The van der Waals surface area contributed by atoms with Crippen LogP contribution in [0.1, 0.15) is 0 Å². The van der Waals surface area contributed by atoms with Crippen LogP contribution < -0.4 is 14.2 Å². The Bertz CT molecular complexity index is 812. The maximum Gasteiger partial charge on any atom is 0.231 e. The van der Waals surface area contributed by atoms with E-state index in [-0.39, 0.29) is 6.79 Å². The number of aromatic nitrogens is 1. The lowest BCUT2D eigenvalue weighted by atomic mass is 10.0. The number of pyridine rings is 1. The fourth-order valence-electron chi connectivity index (χ4n) is 2.54. The SMILES string of the molecule is COc1ccc(-c2nccc3cc4c(cc23)OCO4)cc1. The van der Waals surface area contributed by atoms with Crippen LogP contribution in [-0.4, -0.2) is 18.9 Å². The minimum atomic E-state index is 0.275. The van der Waals surface area contributed by atoms with E-state index in [0.717, 1.165) is 39.3 Å². The van der Waals surface area contributed by atoms with Crippen LogP contribution >= 0.6 is 0 Å². The predicted octanol–water partition coefficient (Wildman–Crippen LogP) is 3.64. The molecular weight excluding hydrogens is 266 g/mol. The molecule has 104 valence electrons. The van der Waals surface area contributed by atoms with Crippen molar-refractivity contribution in [3.8, 4) is 28.5 Å². The highest BCUT2D eigenvalue weighted by atomic mass is 16.7. The van der Waals surface area contributed by atoms with Gasteiger partial charge in [0, 0.05) is 17.1 Å². The maximum absolute atomic E-state index is 5.46. The zero-order valence-electron chi connectivity index (χ0n) is 11.5. The highest BCUT2D eigenvalue weighted by Gasteiger charge is 2.16. The molecule has 0 unspecified atom stereocenters. The number of hydrogen-bond donors (Lipinski definition) is 0. The number of fused-ring (bicyclic) bond motifs is 2. The Balaban J connectivity index is 1.91. The molecule has 0 N–H and O–H groups in total. The van der Waals surface area contributed by atoms with E-state index >= 15 is 0 Å². The molecule has 0 fully saturated rings. The summed E-state index contributed by atoms with van der Waals surface area (Å²) in [5.41, 5.74) is 1.97. The summed E-state index contributed by atoms with van der Waals surface area (Å²) in [6, 6.07) is 13.8. The van der Waals surface area contributed by atoms with Crippen molar-refractivity contribution in [2.45, 2.75) is 0 Å². The van der Waals surface area contributed by atoms with Gasteiger partial charge >= 0.3 is 0 Å². The average molecular weight is 279 g/mol. The fourth-order valence-corrected chi connectivity index (χ4v) is 2.54. The van der Waals surface area contributed by atoms with E-state index in [0.29, 0.717) is 0 Å². The van der Waals surface area contributed by atoms with Gasteiger partial charge in [-0.3, -0.25) is 4.98 Å². The Kier molecular flexibility index (Phi) is 2.67. The van der Waals surface area contributed by atoms with E-state index in [1.165, 1.54) is 0 Å². The van der Waals surface area contributed by atoms with Crippen LogP contribution in [0.15, 0.2) is 48.7 Å². The van der Waals surface area contributed by atoms with Gasteiger partial charge in [0.15, 0.2) is 11.5 Å². The van der Waals surface area contributed by atoms with Crippen LogP contribution in [0.3, 0.4) is 0 Å². The van der Waals surface area contributed by atoms with Crippen LogP contribution in [0, 0.1) is 0 Å². The van der Waals surface area contributed by atoms with Crippen molar-refractivity contribution < 1.29 is 14.2 Å². The molecule has 2 aromatic carbocycles. The third-order valence-corrected chi connectivity index (χ3v) is 3.62. The van der Waals surface area contributed by atoms with Crippen LogP contribution in [0.25, 0.3) is 22.0 Å². The zero-order valence-corrected chi connectivity index (χ0v) is 11.5. The normalized spacial score (nSPS) is 12.6. The van der Waals surface area contributed by atoms with Crippen molar-refractivity contribution in [3.05, 3.63) is 48.7 Å². The average Bonchev–Trinajstić information content (AvgIpc) is 2.99. The van der Waals surface area contributed by atoms with Crippen molar-refractivity contribution in [1.29, 1.82) is 0 Å². The predicted molar refractivity (Wildman–Crippen MR) is 79.9 cm³/mol. The molecule has 0 saturated heterocycles. The summed E-state index contributed by atoms with van der Waals surface area (Å²) in [4.78, 5) is 4.52. The summed E-state index contributed by atoms with van der Waals surface area (Å²) >= 11 is 0. The molecule has 0 aliphatic carbocycles. The van der Waals surface area contributed by atoms with E-state index in [2.05, 4.69) is 4.98 Å². The van der Waals surface area contributed by atoms with Gasteiger partial charge in [-0.15, -0.1) is 0 Å². The molecule has 0 bridgehead atoms. The van der Waals surface area contributed by atoms with E-state index in [9.17, 15) is 0 Å². The van der Waals surface area contributed by atoms with E-state index in [1.54, 1.807) is 7.11 Å². The van der Waals surface area contributed by atoms with Gasteiger partial charge < -0.3 is 14.2 Å². The first-order chi connectivity index (χ1) is 10.3. The number of hydrogen-bond acceptors (Lipinski definition) is 4. The first-order valence-corrected chi connectivity index (χ1v) is 6.68. The van der Waals surface area contributed by atoms with E-state index in [4.69, 9.17) is 14.2 Å². The molecule has 4 nitrogen and oxygen atoms in total. The molecule has 0 atom stereocenters. The molecule has 0 amide bonds. The summed E-state index contributed by atoms with van der Waals surface area (Å²) in [6.07, 6.45) is 1.81. The molecule has 1 aliphatic heterocycles. The van der Waals surface area contributed by atoms with Crippen LogP contribution in [-0.2, 0) is 0 Å². The first kappa shape index (κ1) is 12.0. The van der Waals surface area contributed by atoms with Gasteiger partial charge in [0.1, 0.15) is 5.75 Å². The molecule has 3 aromatic rings. The molecule has 4 rings (SSSR count). The summed E-state index contributed by atoms with van der Waals surface area (Å²) in [6.45, 7) is 0.275. The topological polar surface area (TPSA) is 40.6 Å². The third kappa shape index (κ3) is 1.96. The molecule has 2 heterocycles. The minimum absolute atomic E-state index is 0.275. The summed E-state index contributed by atoms with van der Waals surface area (Å²) < 4.78 is 16.1. The Morgan fingerprint density at radius 3 is 2.52 bits per heavy atom. The number of ether oxygens (including phenoxy) is 3. The van der Waals surface area contributed by atoms with Gasteiger partial charge in [-0.1, -0.05) is 0 Å². The van der Waals surface area contributed by atoms with E-state index in [1.807, 2.05) is 48.7 Å². The van der Waals surface area contributed by atoms with E-state index < -0.39 is 0 Å². The molecule has 0 radical (unpaired) electrons. The van der Waals surface area contributed by atoms with Crippen LogP contribution in [0.5, 0.6) is 17.2 Å². The highest BCUT2D eigenvalue weighted by molar-refractivity contribution is 5.96.